The van der Waals surface area contributed by atoms with Crippen LogP contribution in [0.25, 0.3) is 0 Å². The third-order valence-electron chi connectivity index (χ3n) is 4.57. The predicted octanol–water partition coefficient (Wildman–Crippen LogP) is 0.479. The number of aliphatic hydroxyl groups excluding tert-OH is 1. The molecule has 19 heavy (non-hydrogen) atoms. The zero-order chi connectivity index (χ0) is 13.2. The minimum atomic E-state index is -0.113. The Morgan fingerprint density at radius 1 is 1.26 bits per heavy atom. The normalized spacial score (nSPS) is 29.1. The van der Waals surface area contributed by atoms with Crippen LogP contribution in [0.5, 0.6) is 0 Å². The molecule has 1 aliphatic heterocycles. The molecule has 2 aliphatic rings. The molecule has 0 bridgehead atoms. The molecular formula is C14H21N3O2. The van der Waals surface area contributed by atoms with Crippen molar-refractivity contribution in [1.82, 2.24) is 14.5 Å². The number of hydrogen-bond acceptors (Lipinski definition) is 4. The summed E-state index contributed by atoms with van der Waals surface area (Å²) in [6.07, 6.45) is 7.35. The minimum Gasteiger partial charge on any atom is -0.391 e. The van der Waals surface area contributed by atoms with E-state index >= 15 is 0 Å². The second-order valence-corrected chi connectivity index (χ2v) is 5.76. The quantitative estimate of drug-likeness (QED) is 0.861. The van der Waals surface area contributed by atoms with E-state index in [1.807, 2.05) is 0 Å². The summed E-state index contributed by atoms with van der Waals surface area (Å²) in [5, 5.41) is 9.70. The van der Waals surface area contributed by atoms with Gasteiger partial charge in [0.1, 0.15) is 0 Å². The lowest BCUT2D eigenvalue weighted by Crippen LogP contribution is -2.53. The van der Waals surface area contributed by atoms with Gasteiger partial charge in [0, 0.05) is 24.8 Å². The van der Waals surface area contributed by atoms with Gasteiger partial charge in [0.25, 0.3) is 5.56 Å². The smallest absolute Gasteiger partial charge is 0.253 e. The number of rotatable bonds is 3. The molecule has 0 aromatic carbocycles. The Morgan fingerprint density at radius 2 is 2.05 bits per heavy atom. The van der Waals surface area contributed by atoms with Gasteiger partial charge in [-0.3, -0.25) is 14.3 Å². The van der Waals surface area contributed by atoms with Crippen molar-refractivity contribution in [2.24, 2.45) is 5.92 Å². The first-order valence-electron chi connectivity index (χ1n) is 7.16. The topological polar surface area (TPSA) is 58.4 Å². The lowest BCUT2D eigenvalue weighted by atomic mass is 9.85. The summed E-state index contributed by atoms with van der Waals surface area (Å²) in [5.41, 5.74) is 0.0341. The van der Waals surface area contributed by atoms with Crippen LogP contribution in [-0.4, -0.2) is 44.8 Å². The Bertz CT molecular complexity index is 480. The predicted molar refractivity (Wildman–Crippen MR) is 71.8 cm³/mol. The van der Waals surface area contributed by atoms with Crippen LogP contribution in [0.1, 0.15) is 25.7 Å². The van der Waals surface area contributed by atoms with E-state index < -0.39 is 0 Å². The molecule has 1 saturated heterocycles. The number of likely N-dealkylation sites (tertiary alicyclic amines) is 1. The second kappa shape index (κ2) is 5.43. The molecule has 5 nitrogen and oxygen atoms in total. The third-order valence-corrected chi connectivity index (χ3v) is 4.57. The van der Waals surface area contributed by atoms with Gasteiger partial charge in [0.15, 0.2) is 0 Å². The van der Waals surface area contributed by atoms with Crippen molar-refractivity contribution < 1.29 is 5.11 Å². The zero-order valence-electron chi connectivity index (χ0n) is 11.1. The average molecular weight is 263 g/mol. The molecule has 1 aromatic rings. The fourth-order valence-electron chi connectivity index (χ4n) is 3.15. The van der Waals surface area contributed by atoms with Crippen molar-refractivity contribution >= 4 is 0 Å². The molecular weight excluding hydrogens is 242 g/mol. The van der Waals surface area contributed by atoms with Crippen LogP contribution in [0, 0.1) is 5.92 Å². The molecule has 1 aromatic heterocycles. The van der Waals surface area contributed by atoms with E-state index in [0.717, 1.165) is 45.3 Å². The van der Waals surface area contributed by atoms with Crippen molar-refractivity contribution in [2.75, 3.05) is 13.1 Å². The Morgan fingerprint density at radius 3 is 2.63 bits per heavy atom. The summed E-state index contributed by atoms with van der Waals surface area (Å²) < 4.78 is 1.71. The van der Waals surface area contributed by atoms with Gasteiger partial charge in [-0.25, -0.2) is 4.98 Å². The standard InChI is InChI=1S/C14H21N3O2/c18-13-2-1-12(13)16-7-4-11(5-8-16)9-17-10-15-6-3-14(17)19/h3,6,10-13,18H,1-2,4-5,7-9H2. The molecule has 0 spiro atoms. The van der Waals surface area contributed by atoms with E-state index in [1.165, 1.54) is 6.07 Å². The largest absolute Gasteiger partial charge is 0.391 e. The van der Waals surface area contributed by atoms with Crippen molar-refractivity contribution in [1.29, 1.82) is 0 Å². The fraction of sp³-hybridized carbons (Fsp3) is 0.714. The highest BCUT2D eigenvalue weighted by molar-refractivity contribution is 4.91. The van der Waals surface area contributed by atoms with Crippen LogP contribution in [0.3, 0.4) is 0 Å². The molecule has 1 aliphatic carbocycles. The van der Waals surface area contributed by atoms with E-state index in [2.05, 4.69) is 9.88 Å². The zero-order valence-corrected chi connectivity index (χ0v) is 11.1. The lowest BCUT2D eigenvalue weighted by molar-refractivity contribution is -0.0346. The SMILES string of the molecule is O=c1ccncn1CC1CCN(C2CCC2O)CC1. The van der Waals surface area contributed by atoms with E-state index in [0.29, 0.717) is 12.0 Å². The molecule has 1 N–H and O–H groups in total. The number of aromatic nitrogens is 2. The van der Waals surface area contributed by atoms with E-state index in [4.69, 9.17) is 0 Å². The molecule has 3 rings (SSSR count). The first-order valence-corrected chi connectivity index (χ1v) is 7.16. The van der Waals surface area contributed by atoms with Crippen molar-refractivity contribution in [2.45, 2.75) is 44.4 Å². The maximum Gasteiger partial charge on any atom is 0.253 e. The molecule has 0 amide bonds. The van der Waals surface area contributed by atoms with Crippen LogP contribution in [0.2, 0.25) is 0 Å². The van der Waals surface area contributed by atoms with Gasteiger partial charge >= 0.3 is 0 Å². The van der Waals surface area contributed by atoms with Gasteiger partial charge in [-0.15, -0.1) is 0 Å². The monoisotopic (exact) mass is 263 g/mol. The lowest BCUT2D eigenvalue weighted by Gasteiger charge is -2.44. The minimum absolute atomic E-state index is 0.0341. The molecule has 5 heteroatoms. The second-order valence-electron chi connectivity index (χ2n) is 5.76. The molecule has 1 saturated carbocycles. The highest BCUT2D eigenvalue weighted by atomic mass is 16.3. The van der Waals surface area contributed by atoms with Gasteiger partial charge in [0.2, 0.25) is 0 Å². The van der Waals surface area contributed by atoms with Crippen LogP contribution >= 0.6 is 0 Å². The highest BCUT2D eigenvalue weighted by Crippen LogP contribution is 2.29. The fourth-order valence-corrected chi connectivity index (χ4v) is 3.15. The summed E-state index contributed by atoms with van der Waals surface area (Å²) in [4.78, 5) is 18.1. The highest BCUT2D eigenvalue weighted by Gasteiger charge is 2.35. The van der Waals surface area contributed by atoms with Gasteiger partial charge < -0.3 is 5.11 Å². The van der Waals surface area contributed by atoms with Crippen LogP contribution < -0.4 is 5.56 Å². The van der Waals surface area contributed by atoms with Crippen LogP contribution in [0.15, 0.2) is 23.4 Å². The van der Waals surface area contributed by atoms with E-state index in [1.54, 1.807) is 17.1 Å². The number of piperidine rings is 1. The van der Waals surface area contributed by atoms with Crippen LogP contribution in [0.4, 0.5) is 0 Å². The first kappa shape index (κ1) is 12.8. The van der Waals surface area contributed by atoms with Crippen molar-refractivity contribution in [3.05, 3.63) is 28.9 Å². The molecule has 2 atom stereocenters. The summed E-state index contributed by atoms with van der Waals surface area (Å²) in [6.45, 7) is 2.86. The molecule has 0 radical (unpaired) electrons. The molecule has 2 fully saturated rings. The maximum atomic E-state index is 11.6. The molecule has 2 unspecified atom stereocenters. The van der Waals surface area contributed by atoms with Gasteiger partial charge in [-0.1, -0.05) is 0 Å². The Labute approximate surface area is 112 Å². The number of nitrogens with zero attached hydrogens (tertiary/aromatic N) is 3. The summed E-state index contributed by atoms with van der Waals surface area (Å²) >= 11 is 0. The summed E-state index contributed by atoms with van der Waals surface area (Å²) in [5.74, 6) is 0.551. The van der Waals surface area contributed by atoms with Gasteiger partial charge in [-0.2, -0.15) is 0 Å². The maximum absolute atomic E-state index is 11.6. The molecule has 104 valence electrons. The van der Waals surface area contributed by atoms with Crippen LogP contribution in [-0.2, 0) is 6.54 Å². The Balaban J connectivity index is 1.53. The number of hydrogen-bond donors (Lipinski definition) is 1. The van der Waals surface area contributed by atoms with Gasteiger partial charge in [0.05, 0.1) is 12.4 Å². The van der Waals surface area contributed by atoms with E-state index in [-0.39, 0.29) is 11.7 Å². The van der Waals surface area contributed by atoms with Crippen molar-refractivity contribution in [3.63, 3.8) is 0 Å². The van der Waals surface area contributed by atoms with Gasteiger partial charge in [-0.05, 0) is 44.7 Å². The summed E-state index contributed by atoms with van der Waals surface area (Å²) in [6, 6.07) is 1.90. The van der Waals surface area contributed by atoms with Crippen molar-refractivity contribution in [3.8, 4) is 0 Å². The third kappa shape index (κ3) is 2.72. The number of aliphatic hydroxyl groups is 1. The van der Waals surface area contributed by atoms with E-state index in [9.17, 15) is 9.90 Å². The first-order chi connectivity index (χ1) is 9.24. The Hall–Kier alpha value is -1.20. The molecule has 2 heterocycles. The summed E-state index contributed by atoms with van der Waals surface area (Å²) in [7, 11) is 0. The Kier molecular flexibility index (Phi) is 3.66. The average Bonchev–Trinajstić information content (AvgIpc) is 2.42.